The molecule has 0 heterocycles. The molecule has 0 fully saturated rings. The summed E-state index contributed by atoms with van der Waals surface area (Å²) in [5.41, 5.74) is 1.19. The molecule has 0 saturated heterocycles. The van der Waals surface area contributed by atoms with E-state index in [9.17, 15) is 0 Å². The van der Waals surface area contributed by atoms with Gasteiger partial charge in [0, 0.05) is 11.9 Å². The van der Waals surface area contributed by atoms with Crippen LogP contribution >= 0.6 is 0 Å². The van der Waals surface area contributed by atoms with Crippen LogP contribution in [0.1, 0.15) is 27.7 Å². The van der Waals surface area contributed by atoms with Crippen molar-refractivity contribution < 1.29 is 4.74 Å². The summed E-state index contributed by atoms with van der Waals surface area (Å²) in [6.45, 7) is 13.0. The van der Waals surface area contributed by atoms with Crippen LogP contribution in [0.5, 0.6) is 0 Å². The summed E-state index contributed by atoms with van der Waals surface area (Å²) in [5, 5.41) is 3.14. The molecule has 0 aliphatic rings. The van der Waals surface area contributed by atoms with Gasteiger partial charge in [-0.3, -0.25) is 4.99 Å². The summed E-state index contributed by atoms with van der Waals surface area (Å²) < 4.78 is 5.48. The smallest absolute Gasteiger partial charge is 0.116 e. The zero-order valence-corrected chi connectivity index (χ0v) is 10.2. The molecule has 3 nitrogen and oxygen atoms in total. The number of nitrogens with zero attached hydrogens (tertiary/aromatic N) is 1. The third-order valence-corrected chi connectivity index (χ3v) is 1.58. The van der Waals surface area contributed by atoms with Crippen molar-refractivity contribution in [3.63, 3.8) is 0 Å². The number of allylic oxidation sites excluding steroid dienone is 2. The van der Waals surface area contributed by atoms with Gasteiger partial charge in [0.05, 0.1) is 6.61 Å². The van der Waals surface area contributed by atoms with Gasteiger partial charge in [0.2, 0.25) is 0 Å². The Morgan fingerprint density at radius 3 is 2.60 bits per heavy atom. The van der Waals surface area contributed by atoms with E-state index in [0.717, 1.165) is 12.3 Å². The molecule has 15 heavy (non-hydrogen) atoms. The second-order valence-electron chi connectivity index (χ2n) is 4.47. The Kier molecular flexibility index (Phi) is 6.71. The monoisotopic (exact) mass is 210 g/mol. The third-order valence-electron chi connectivity index (χ3n) is 1.58. The van der Waals surface area contributed by atoms with Gasteiger partial charge in [-0.1, -0.05) is 26.8 Å². The van der Waals surface area contributed by atoms with Gasteiger partial charge in [0.25, 0.3) is 0 Å². The topological polar surface area (TPSA) is 33.6 Å². The van der Waals surface area contributed by atoms with Crippen LogP contribution in [0.3, 0.4) is 0 Å². The molecule has 3 heteroatoms. The number of nitrogens with one attached hydrogen (secondary N) is 1. The van der Waals surface area contributed by atoms with E-state index < -0.39 is 0 Å². The highest BCUT2D eigenvalue weighted by atomic mass is 16.5. The van der Waals surface area contributed by atoms with Crippen LogP contribution in [0.2, 0.25) is 0 Å². The van der Waals surface area contributed by atoms with Crippen molar-refractivity contribution in [1.82, 2.24) is 5.32 Å². The normalized spacial score (nSPS) is 13.2. The molecule has 0 unspecified atom stereocenters. The van der Waals surface area contributed by atoms with Crippen molar-refractivity contribution in [3.8, 4) is 0 Å². The van der Waals surface area contributed by atoms with E-state index in [-0.39, 0.29) is 5.41 Å². The number of ether oxygens (including phenoxy) is 1. The van der Waals surface area contributed by atoms with E-state index in [2.05, 4.69) is 37.8 Å². The molecule has 0 aromatic rings. The fourth-order valence-corrected chi connectivity index (χ4v) is 0.882. The molecule has 0 spiro atoms. The minimum atomic E-state index is 0.205. The predicted molar refractivity (Wildman–Crippen MR) is 65.9 cm³/mol. The van der Waals surface area contributed by atoms with Crippen LogP contribution in [-0.4, -0.2) is 20.1 Å². The van der Waals surface area contributed by atoms with Crippen LogP contribution in [0.4, 0.5) is 0 Å². The number of rotatable bonds is 6. The van der Waals surface area contributed by atoms with Gasteiger partial charge in [-0.15, -0.1) is 0 Å². The van der Waals surface area contributed by atoms with E-state index in [0.29, 0.717) is 6.73 Å². The third kappa shape index (κ3) is 9.22. The first-order valence-corrected chi connectivity index (χ1v) is 5.10. The quantitative estimate of drug-likeness (QED) is 0.316. The Labute approximate surface area is 92.9 Å². The molecule has 0 bridgehead atoms. The van der Waals surface area contributed by atoms with Gasteiger partial charge in [0.15, 0.2) is 0 Å². The zero-order valence-electron chi connectivity index (χ0n) is 10.2. The number of hydrogen-bond donors (Lipinski definition) is 1. The van der Waals surface area contributed by atoms with Crippen molar-refractivity contribution in [2.45, 2.75) is 27.7 Å². The molecular formula is C12H22N2O. The summed E-state index contributed by atoms with van der Waals surface area (Å²) in [6.07, 6.45) is 5.46. The molecule has 0 rings (SSSR count). The fourth-order valence-electron chi connectivity index (χ4n) is 0.882. The minimum Gasteiger partial charge on any atom is -0.363 e. The second-order valence-corrected chi connectivity index (χ2v) is 4.47. The van der Waals surface area contributed by atoms with E-state index in [1.165, 1.54) is 0 Å². The Hall–Kier alpha value is -1.09. The highest BCUT2D eigenvalue weighted by Gasteiger charge is 2.09. The highest BCUT2D eigenvalue weighted by molar-refractivity contribution is 5.27. The van der Waals surface area contributed by atoms with E-state index in [1.54, 1.807) is 6.20 Å². The van der Waals surface area contributed by atoms with Crippen molar-refractivity contribution in [2.24, 2.45) is 10.4 Å². The van der Waals surface area contributed by atoms with Crippen LogP contribution in [0, 0.1) is 5.41 Å². The Morgan fingerprint density at radius 2 is 2.13 bits per heavy atom. The Balaban J connectivity index is 3.75. The van der Waals surface area contributed by atoms with Gasteiger partial charge >= 0.3 is 0 Å². The molecule has 0 amide bonds. The van der Waals surface area contributed by atoms with Crippen molar-refractivity contribution in [3.05, 3.63) is 24.0 Å². The van der Waals surface area contributed by atoms with Gasteiger partial charge in [-0.25, -0.2) is 0 Å². The predicted octanol–water partition coefficient (Wildman–Crippen LogP) is 2.71. The van der Waals surface area contributed by atoms with Crippen LogP contribution in [0.15, 0.2) is 29.0 Å². The summed E-state index contributed by atoms with van der Waals surface area (Å²) in [6, 6.07) is 0. The lowest BCUT2D eigenvalue weighted by atomic mass is 9.99. The van der Waals surface area contributed by atoms with E-state index in [4.69, 9.17) is 4.74 Å². The largest absolute Gasteiger partial charge is 0.363 e. The summed E-state index contributed by atoms with van der Waals surface area (Å²) in [4.78, 5) is 3.64. The van der Waals surface area contributed by atoms with Crippen LogP contribution < -0.4 is 5.32 Å². The second kappa shape index (κ2) is 7.23. The molecule has 0 aliphatic carbocycles. The Bertz CT molecular complexity index is 236. The SMILES string of the molecule is C=N/C=C\C(=C/C)NCOCC(C)(C)C. The van der Waals surface area contributed by atoms with E-state index in [1.807, 2.05) is 19.1 Å². The van der Waals surface area contributed by atoms with Crippen molar-refractivity contribution in [1.29, 1.82) is 0 Å². The number of hydrogen-bond acceptors (Lipinski definition) is 3. The van der Waals surface area contributed by atoms with E-state index >= 15 is 0 Å². The lowest BCUT2D eigenvalue weighted by Crippen LogP contribution is -2.22. The molecule has 86 valence electrons. The zero-order chi connectivity index (χ0) is 11.7. The first kappa shape index (κ1) is 13.9. The molecule has 0 aliphatic heterocycles. The lowest BCUT2D eigenvalue weighted by Gasteiger charge is -2.18. The van der Waals surface area contributed by atoms with Crippen LogP contribution in [0.25, 0.3) is 0 Å². The molecule has 0 radical (unpaired) electrons. The fraction of sp³-hybridized carbons (Fsp3) is 0.583. The van der Waals surface area contributed by atoms with Gasteiger partial charge in [-0.2, -0.15) is 0 Å². The average molecular weight is 210 g/mol. The number of aliphatic imine (C=N–C) groups is 1. The standard InChI is InChI=1S/C12H22N2O/c1-6-11(7-8-13-5)14-10-15-9-12(2,3)4/h6-8,14H,5,9-10H2,1-4H3/b8-7-,11-6+. The highest BCUT2D eigenvalue weighted by Crippen LogP contribution is 2.12. The summed E-state index contributed by atoms with van der Waals surface area (Å²) >= 11 is 0. The first-order valence-electron chi connectivity index (χ1n) is 5.10. The maximum absolute atomic E-state index is 5.48. The average Bonchev–Trinajstić information content (AvgIpc) is 2.15. The Morgan fingerprint density at radius 1 is 1.47 bits per heavy atom. The van der Waals surface area contributed by atoms with Crippen molar-refractivity contribution in [2.75, 3.05) is 13.3 Å². The molecule has 0 saturated carbocycles. The van der Waals surface area contributed by atoms with Crippen LogP contribution in [-0.2, 0) is 4.74 Å². The van der Waals surface area contributed by atoms with Crippen molar-refractivity contribution >= 4 is 6.72 Å². The van der Waals surface area contributed by atoms with Gasteiger partial charge < -0.3 is 10.1 Å². The molecule has 0 aromatic heterocycles. The molecular weight excluding hydrogens is 188 g/mol. The molecule has 1 N–H and O–H groups in total. The molecule has 0 aromatic carbocycles. The molecule has 0 atom stereocenters. The lowest BCUT2D eigenvalue weighted by molar-refractivity contribution is 0.0639. The van der Waals surface area contributed by atoms with Gasteiger partial charge in [-0.05, 0) is 25.1 Å². The summed E-state index contributed by atoms with van der Waals surface area (Å²) in [5.74, 6) is 0. The first-order chi connectivity index (χ1) is 6.99. The van der Waals surface area contributed by atoms with Gasteiger partial charge in [0.1, 0.15) is 6.73 Å². The maximum Gasteiger partial charge on any atom is 0.116 e. The maximum atomic E-state index is 5.48. The minimum absolute atomic E-state index is 0.205. The summed E-state index contributed by atoms with van der Waals surface area (Å²) in [7, 11) is 0.